The number of rotatable bonds is 67. The highest BCUT2D eigenvalue weighted by Gasteiger charge is 2.22. The van der Waals surface area contributed by atoms with Crippen LogP contribution in [0.5, 0.6) is 0 Å². The second kappa shape index (κ2) is 62.3. The summed E-state index contributed by atoms with van der Waals surface area (Å²) in [5.41, 5.74) is 0. The van der Waals surface area contributed by atoms with Crippen molar-refractivity contribution < 1.29 is 42.1 Å². The molecule has 0 spiro atoms. The van der Waals surface area contributed by atoms with E-state index < -0.39 is 26.5 Å². The Labute approximate surface area is 498 Å². The van der Waals surface area contributed by atoms with Crippen LogP contribution in [0.1, 0.15) is 373 Å². The molecule has 9 nitrogen and oxygen atoms in total. The van der Waals surface area contributed by atoms with Crippen LogP contribution in [-0.2, 0) is 32.7 Å². The van der Waals surface area contributed by atoms with Crippen LogP contribution in [-0.4, -0.2) is 70.0 Å². The Balaban J connectivity index is 3.88. The molecule has 2 unspecified atom stereocenters. The second-order valence-electron chi connectivity index (χ2n) is 25.6. The molecule has 0 radical (unpaired) electrons. The number of nitrogens with zero attached hydrogens (tertiary/aromatic N) is 1. The van der Waals surface area contributed by atoms with Crippen LogP contribution in [0.15, 0.2) is 12.2 Å². The van der Waals surface area contributed by atoms with Crippen molar-refractivity contribution in [1.29, 1.82) is 0 Å². The molecule has 0 N–H and O–H groups in total. The maximum Gasteiger partial charge on any atom is 0.306 e. The van der Waals surface area contributed by atoms with E-state index in [2.05, 4.69) is 26.0 Å². The molecule has 0 heterocycles. The predicted molar refractivity (Wildman–Crippen MR) is 342 cm³/mol. The molecule has 10 heteroatoms. The van der Waals surface area contributed by atoms with Crippen molar-refractivity contribution in [2.45, 2.75) is 380 Å². The summed E-state index contributed by atoms with van der Waals surface area (Å²) in [6.45, 7) is 4.31. The molecule has 0 aromatic rings. The Morgan fingerprint density at radius 1 is 0.375 bits per heavy atom. The molecule has 0 aromatic heterocycles. The van der Waals surface area contributed by atoms with E-state index in [9.17, 15) is 19.0 Å². The lowest BCUT2D eigenvalue weighted by Gasteiger charge is -2.28. The SMILES string of the molecule is CCCCCCCC/C=C\CCCCCCCCCCCC(=O)OC(COC(=O)CCCCCCCCCCCCCCCCCCCCCCCCCCCCCCCCCCCCCCC)COP(=O)([O-])OCC[N+](C)(C)C. The van der Waals surface area contributed by atoms with E-state index >= 15 is 0 Å². The summed E-state index contributed by atoms with van der Waals surface area (Å²) in [7, 11) is 1.19. The number of phosphoric acid groups is 1. The number of allylic oxidation sites excluding steroid dienone is 2. The zero-order chi connectivity index (χ0) is 58.4. The number of likely N-dealkylation sites (N-methyl/N-ethyl adjacent to an activating group) is 1. The molecule has 476 valence electrons. The van der Waals surface area contributed by atoms with Crippen LogP contribution in [0, 0.1) is 0 Å². The molecule has 0 aliphatic rings. The predicted octanol–water partition coefficient (Wildman–Crippen LogP) is 22.1. The van der Waals surface area contributed by atoms with Crippen molar-refractivity contribution in [3.63, 3.8) is 0 Å². The van der Waals surface area contributed by atoms with Crippen LogP contribution in [0.2, 0.25) is 0 Å². The number of phosphoric ester groups is 1. The summed E-state index contributed by atoms with van der Waals surface area (Å²) in [5.74, 6) is -0.813. The number of unbranched alkanes of at least 4 members (excludes halogenated alkanes) is 51. The monoisotopic (exact) mass is 1150 g/mol. The molecule has 0 aliphatic heterocycles. The molecule has 0 aliphatic carbocycles. The molecule has 0 saturated heterocycles. The lowest BCUT2D eigenvalue weighted by molar-refractivity contribution is -0.870. The molecular weight excluding hydrogens is 1010 g/mol. The first-order chi connectivity index (χ1) is 39.0. The maximum absolute atomic E-state index is 12.8. The van der Waals surface area contributed by atoms with Crippen molar-refractivity contribution in [1.82, 2.24) is 0 Å². The fourth-order valence-electron chi connectivity index (χ4n) is 10.8. The van der Waals surface area contributed by atoms with E-state index in [4.69, 9.17) is 18.5 Å². The average Bonchev–Trinajstić information content (AvgIpc) is 3.42. The van der Waals surface area contributed by atoms with Gasteiger partial charge in [0.2, 0.25) is 0 Å². The van der Waals surface area contributed by atoms with Gasteiger partial charge in [-0.1, -0.05) is 334 Å². The zero-order valence-electron chi connectivity index (χ0n) is 54.3. The summed E-state index contributed by atoms with van der Waals surface area (Å²) < 4.78 is 34.3. The van der Waals surface area contributed by atoms with Gasteiger partial charge in [0.05, 0.1) is 27.7 Å². The maximum atomic E-state index is 12.8. The minimum atomic E-state index is -4.63. The van der Waals surface area contributed by atoms with Crippen LogP contribution in [0.25, 0.3) is 0 Å². The van der Waals surface area contributed by atoms with E-state index in [-0.39, 0.29) is 32.0 Å². The van der Waals surface area contributed by atoms with Gasteiger partial charge in [0.15, 0.2) is 6.10 Å². The number of ether oxygens (including phenoxy) is 2. The van der Waals surface area contributed by atoms with Crippen molar-refractivity contribution in [3.8, 4) is 0 Å². The van der Waals surface area contributed by atoms with E-state index in [0.29, 0.717) is 17.4 Å². The summed E-state index contributed by atoms with van der Waals surface area (Å²) in [6.07, 6.45) is 76.0. The fraction of sp³-hybridized carbons (Fsp3) is 0.943. The summed E-state index contributed by atoms with van der Waals surface area (Å²) in [5, 5.41) is 0. The lowest BCUT2D eigenvalue weighted by atomic mass is 10.0. The molecule has 80 heavy (non-hydrogen) atoms. The summed E-state index contributed by atoms with van der Waals surface area (Å²) >= 11 is 0. The Kier molecular flexibility index (Phi) is 61.3. The molecule has 0 fully saturated rings. The first kappa shape index (κ1) is 78.8. The number of quaternary nitrogens is 1. The quantitative estimate of drug-likeness (QED) is 0.0195. The molecule has 0 saturated carbocycles. The van der Waals surface area contributed by atoms with Gasteiger partial charge in [0.25, 0.3) is 7.82 Å². The number of esters is 2. The Morgan fingerprint density at radius 3 is 0.925 bits per heavy atom. The van der Waals surface area contributed by atoms with E-state index in [1.165, 1.54) is 302 Å². The molecular formula is C70H138NO8P. The Morgan fingerprint density at radius 2 is 0.637 bits per heavy atom. The van der Waals surface area contributed by atoms with Gasteiger partial charge in [-0.3, -0.25) is 14.2 Å². The van der Waals surface area contributed by atoms with E-state index in [1.54, 1.807) is 0 Å². The number of carbonyl (C=O) groups is 2. The smallest absolute Gasteiger partial charge is 0.306 e. The third-order valence-corrected chi connectivity index (χ3v) is 17.2. The Bertz CT molecular complexity index is 1350. The van der Waals surface area contributed by atoms with Gasteiger partial charge < -0.3 is 27.9 Å². The average molecular weight is 1150 g/mol. The third kappa shape index (κ3) is 65.9. The summed E-state index contributed by atoms with van der Waals surface area (Å²) in [6, 6.07) is 0. The standard InChI is InChI=1S/C70H138NO8P/c1-6-8-10-12-14-16-18-20-22-24-26-27-28-29-30-31-32-33-34-35-36-37-38-39-40-41-42-43-45-46-48-50-52-54-56-58-60-62-69(72)76-66-68(67-78-80(74,75)77-65-64-71(3,4)5)79-70(73)63-61-59-57-55-53-51-49-47-44-25-23-21-19-17-15-13-11-9-7-2/h21,23,68H,6-20,22,24-67H2,1-5H3/b23-21-. The molecule has 0 aromatic carbocycles. The van der Waals surface area contributed by atoms with Gasteiger partial charge in [-0.05, 0) is 38.5 Å². The second-order valence-corrected chi connectivity index (χ2v) is 27.0. The molecule has 0 bridgehead atoms. The van der Waals surface area contributed by atoms with Crippen LogP contribution in [0.3, 0.4) is 0 Å². The van der Waals surface area contributed by atoms with E-state index in [0.717, 1.165) is 38.5 Å². The van der Waals surface area contributed by atoms with Crippen molar-refractivity contribution in [3.05, 3.63) is 12.2 Å². The zero-order valence-corrected chi connectivity index (χ0v) is 55.2. The highest BCUT2D eigenvalue weighted by molar-refractivity contribution is 7.45. The van der Waals surface area contributed by atoms with Crippen molar-refractivity contribution >= 4 is 19.8 Å². The Hall–Kier alpha value is -1.25. The minimum Gasteiger partial charge on any atom is -0.756 e. The van der Waals surface area contributed by atoms with Gasteiger partial charge in [0, 0.05) is 12.8 Å². The lowest BCUT2D eigenvalue weighted by Crippen LogP contribution is -2.37. The summed E-state index contributed by atoms with van der Waals surface area (Å²) in [4.78, 5) is 38.0. The van der Waals surface area contributed by atoms with E-state index in [1.807, 2.05) is 21.1 Å². The first-order valence-electron chi connectivity index (χ1n) is 35.4. The van der Waals surface area contributed by atoms with Crippen LogP contribution in [0.4, 0.5) is 0 Å². The first-order valence-corrected chi connectivity index (χ1v) is 36.9. The molecule has 0 rings (SSSR count). The van der Waals surface area contributed by atoms with Crippen molar-refractivity contribution in [2.75, 3.05) is 47.5 Å². The highest BCUT2D eigenvalue weighted by Crippen LogP contribution is 2.38. The van der Waals surface area contributed by atoms with Crippen LogP contribution < -0.4 is 4.89 Å². The fourth-order valence-corrected chi connectivity index (χ4v) is 11.6. The third-order valence-electron chi connectivity index (χ3n) is 16.3. The molecule has 2 atom stereocenters. The topological polar surface area (TPSA) is 111 Å². The van der Waals surface area contributed by atoms with Gasteiger partial charge in [-0.2, -0.15) is 0 Å². The van der Waals surface area contributed by atoms with Gasteiger partial charge in [-0.25, -0.2) is 0 Å². The highest BCUT2D eigenvalue weighted by atomic mass is 31.2. The van der Waals surface area contributed by atoms with Gasteiger partial charge in [0.1, 0.15) is 19.8 Å². The van der Waals surface area contributed by atoms with Crippen LogP contribution >= 0.6 is 7.82 Å². The normalized spacial score (nSPS) is 13.1. The number of carbonyl (C=O) groups excluding carboxylic acids is 2. The molecule has 0 amide bonds. The number of hydrogen-bond acceptors (Lipinski definition) is 8. The van der Waals surface area contributed by atoms with Gasteiger partial charge >= 0.3 is 11.9 Å². The number of hydrogen-bond donors (Lipinski definition) is 0. The van der Waals surface area contributed by atoms with Crippen molar-refractivity contribution in [2.24, 2.45) is 0 Å². The minimum absolute atomic E-state index is 0.0273. The van der Waals surface area contributed by atoms with Gasteiger partial charge in [-0.15, -0.1) is 0 Å². The largest absolute Gasteiger partial charge is 0.756 e.